The van der Waals surface area contributed by atoms with Gasteiger partial charge >= 0.3 is 0 Å². The smallest absolute Gasteiger partial charge is 0.148 e. The van der Waals surface area contributed by atoms with Crippen molar-refractivity contribution in [3.8, 4) is 5.75 Å². The van der Waals surface area contributed by atoms with Crippen molar-refractivity contribution in [1.29, 1.82) is 0 Å². The van der Waals surface area contributed by atoms with E-state index in [4.69, 9.17) is 21.1 Å². The maximum Gasteiger partial charge on any atom is 0.148 e. The summed E-state index contributed by atoms with van der Waals surface area (Å²) in [6, 6.07) is 11.9. The zero-order valence-corrected chi connectivity index (χ0v) is 16.0. The molecular weight excluding hydrogens is 369 g/mol. The van der Waals surface area contributed by atoms with Crippen LogP contribution in [-0.2, 0) is 16.1 Å². The number of carbonyl (C=O) groups excluding carboxylic acids is 1. The molecule has 0 aromatic heterocycles. The summed E-state index contributed by atoms with van der Waals surface area (Å²) in [4.78, 5) is 13.5. The van der Waals surface area contributed by atoms with Crippen molar-refractivity contribution < 1.29 is 18.7 Å². The number of hydrogen-bond acceptors (Lipinski definition) is 4. The van der Waals surface area contributed by atoms with Crippen LogP contribution in [0.5, 0.6) is 5.75 Å². The molecule has 3 rings (SSSR count). The van der Waals surface area contributed by atoms with E-state index < -0.39 is 5.82 Å². The fourth-order valence-corrected chi connectivity index (χ4v) is 3.63. The summed E-state index contributed by atoms with van der Waals surface area (Å²) in [6.45, 7) is 2.61. The molecule has 0 saturated carbocycles. The van der Waals surface area contributed by atoms with Crippen molar-refractivity contribution in [2.45, 2.75) is 32.0 Å². The Morgan fingerprint density at radius 2 is 2.04 bits per heavy atom. The van der Waals surface area contributed by atoms with Crippen LogP contribution in [0.15, 0.2) is 48.2 Å². The number of halogens is 2. The van der Waals surface area contributed by atoms with Gasteiger partial charge in [-0.25, -0.2) is 9.18 Å². The van der Waals surface area contributed by atoms with E-state index in [1.807, 2.05) is 42.0 Å². The summed E-state index contributed by atoms with van der Waals surface area (Å²) in [5, 5.41) is 0.0522. The summed E-state index contributed by atoms with van der Waals surface area (Å²) >= 11 is 6.27. The van der Waals surface area contributed by atoms with Gasteiger partial charge in [0.15, 0.2) is 0 Å². The molecule has 0 amide bonds. The Morgan fingerprint density at radius 3 is 2.67 bits per heavy atom. The Balaban J connectivity index is 2.03. The average molecular weight is 390 g/mol. The molecule has 2 aromatic carbocycles. The molecule has 1 heterocycles. The minimum atomic E-state index is -0.490. The molecule has 0 aliphatic carbocycles. The predicted octanol–water partition coefficient (Wildman–Crippen LogP) is 4.56. The van der Waals surface area contributed by atoms with Crippen molar-refractivity contribution in [3.63, 3.8) is 0 Å². The van der Waals surface area contributed by atoms with Crippen LogP contribution in [0.25, 0.3) is 0 Å². The van der Waals surface area contributed by atoms with Crippen LogP contribution in [0.4, 0.5) is 4.39 Å². The van der Waals surface area contributed by atoms with E-state index in [-0.39, 0.29) is 23.8 Å². The lowest BCUT2D eigenvalue weighted by Gasteiger charge is -2.43. The van der Waals surface area contributed by atoms with Gasteiger partial charge in [-0.05, 0) is 35.7 Å². The molecule has 0 N–H and O–H groups in total. The SMILES string of the molecule is CCC1OCC(=C=O)N(Cc2ccc(OC)cc2)C1c1cccc(F)c1Cl. The van der Waals surface area contributed by atoms with Gasteiger partial charge in [-0.3, -0.25) is 0 Å². The molecule has 6 heteroatoms. The number of morpholine rings is 1. The number of rotatable bonds is 5. The topological polar surface area (TPSA) is 38.8 Å². The molecule has 1 aliphatic rings. The predicted molar refractivity (Wildman–Crippen MR) is 102 cm³/mol. The molecule has 2 aromatic rings. The van der Waals surface area contributed by atoms with Crippen LogP contribution in [0.1, 0.15) is 30.5 Å². The first-order valence-electron chi connectivity index (χ1n) is 8.78. The van der Waals surface area contributed by atoms with Gasteiger partial charge in [0.1, 0.15) is 23.2 Å². The lowest BCUT2D eigenvalue weighted by Crippen LogP contribution is -2.43. The zero-order valence-electron chi connectivity index (χ0n) is 15.2. The number of methoxy groups -OCH3 is 1. The van der Waals surface area contributed by atoms with E-state index in [2.05, 4.69) is 0 Å². The van der Waals surface area contributed by atoms with Crippen LogP contribution in [0.3, 0.4) is 0 Å². The first-order chi connectivity index (χ1) is 13.1. The van der Waals surface area contributed by atoms with Crippen molar-refractivity contribution in [3.05, 3.63) is 70.1 Å². The van der Waals surface area contributed by atoms with Gasteiger partial charge in [0.2, 0.25) is 0 Å². The van der Waals surface area contributed by atoms with Gasteiger partial charge in [0, 0.05) is 6.54 Å². The molecule has 1 aliphatic heterocycles. The minimum absolute atomic E-state index is 0.0522. The van der Waals surface area contributed by atoms with E-state index in [0.29, 0.717) is 24.2 Å². The second-order valence-corrected chi connectivity index (χ2v) is 6.75. The quantitative estimate of drug-likeness (QED) is 0.703. The Kier molecular flexibility index (Phi) is 6.17. The normalized spacial score (nSPS) is 19.7. The number of hydrogen-bond donors (Lipinski definition) is 0. The molecule has 142 valence electrons. The van der Waals surface area contributed by atoms with Gasteiger partial charge in [-0.2, -0.15) is 0 Å². The highest BCUT2D eigenvalue weighted by Crippen LogP contribution is 2.39. The maximum atomic E-state index is 14.1. The van der Waals surface area contributed by atoms with Gasteiger partial charge in [0.25, 0.3) is 0 Å². The summed E-state index contributed by atoms with van der Waals surface area (Å²) < 4.78 is 25.1. The summed E-state index contributed by atoms with van der Waals surface area (Å²) in [5.41, 5.74) is 1.98. The number of benzene rings is 2. The zero-order chi connectivity index (χ0) is 19.4. The molecule has 1 fully saturated rings. The standard InChI is InChI=1S/C21H21ClFNO3/c1-3-19-21(17-5-4-6-18(23)20(17)22)24(15(12-25)13-27-19)11-14-7-9-16(26-2)10-8-14/h4-10,19,21H,3,11,13H2,1-2H3. The second-order valence-electron chi connectivity index (χ2n) is 6.37. The van der Waals surface area contributed by atoms with Crippen molar-refractivity contribution in [1.82, 2.24) is 4.90 Å². The molecular formula is C21H21ClFNO3. The van der Waals surface area contributed by atoms with Crippen LogP contribution in [0.2, 0.25) is 5.02 Å². The second kappa shape index (κ2) is 8.57. The Morgan fingerprint density at radius 1 is 1.30 bits per heavy atom. The third-order valence-electron chi connectivity index (χ3n) is 4.80. The molecule has 0 bridgehead atoms. The fourth-order valence-electron chi connectivity index (χ4n) is 3.40. The molecule has 2 atom stereocenters. The van der Waals surface area contributed by atoms with Crippen molar-refractivity contribution >= 4 is 17.5 Å². The lowest BCUT2D eigenvalue weighted by molar-refractivity contribution is -0.0476. The summed E-state index contributed by atoms with van der Waals surface area (Å²) in [5.74, 6) is 2.24. The number of ether oxygens (including phenoxy) is 2. The Labute approximate surface area is 163 Å². The van der Waals surface area contributed by atoms with E-state index in [1.165, 1.54) is 6.07 Å². The van der Waals surface area contributed by atoms with Gasteiger partial charge in [0.05, 0.1) is 30.9 Å². The van der Waals surface area contributed by atoms with E-state index in [0.717, 1.165) is 11.3 Å². The van der Waals surface area contributed by atoms with Crippen LogP contribution < -0.4 is 4.74 Å². The van der Waals surface area contributed by atoms with Gasteiger partial charge in [-0.1, -0.05) is 42.8 Å². The van der Waals surface area contributed by atoms with Crippen molar-refractivity contribution in [2.75, 3.05) is 13.7 Å². The highest BCUT2D eigenvalue weighted by Gasteiger charge is 2.37. The third kappa shape index (κ3) is 4.01. The van der Waals surface area contributed by atoms with Gasteiger partial charge in [-0.15, -0.1) is 0 Å². The van der Waals surface area contributed by atoms with E-state index >= 15 is 0 Å². The largest absolute Gasteiger partial charge is 0.497 e. The fraction of sp³-hybridized carbons (Fsp3) is 0.333. The van der Waals surface area contributed by atoms with Crippen LogP contribution in [-0.4, -0.2) is 30.7 Å². The maximum absolute atomic E-state index is 14.1. The first-order valence-corrected chi connectivity index (χ1v) is 9.15. The third-order valence-corrected chi connectivity index (χ3v) is 5.20. The average Bonchev–Trinajstić information content (AvgIpc) is 2.70. The monoisotopic (exact) mass is 389 g/mol. The summed E-state index contributed by atoms with van der Waals surface area (Å²) in [7, 11) is 1.61. The molecule has 2 unspecified atom stereocenters. The number of nitrogens with zero attached hydrogens (tertiary/aromatic N) is 1. The Bertz CT molecular complexity index is 849. The Hall–Kier alpha value is -2.33. The van der Waals surface area contributed by atoms with Crippen LogP contribution >= 0.6 is 11.6 Å². The molecule has 1 saturated heterocycles. The van der Waals surface area contributed by atoms with Gasteiger partial charge < -0.3 is 14.4 Å². The van der Waals surface area contributed by atoms with Crippen LogP contribution in [0, 0.1) is 5.82 Å². The lowest BCUT2D eigenvalue weighted by atomic mass is 9.94. The first kappa shape index (κ1) is 19.4. The minimum Gasteiger partial charge on any atom is -0.497 e. The molecule has 0 radical (unpaired) electrons. The van der Waals surface area contributed by atoms with E-state index in [1.54, 1.807) is 19.2 Å². The molecule has 4 nitrogen and oxygen atoms in total. The highest BCUT2D eigenvalue weighted by atomic mass is 35.5. The highest BCUT2D eigenvalue weighted by molar-refractivity contribution is 6.31. The van der Waals surface area contributed by atoms with Crippen molar-refractivity contribution in [2.24, 2.45) is 0 Å². The summed E-state index contributed by atoms with van der Waals surface area (Å²) in [6.07, 6.45) is 0.475. The molecule has 0 spiro atoms. The van der Waals surface area contributed by atoms with E-state index in [9.17, 15) is 9.18 Å². The molecule has 27 heavy (non-hydrogen) atoms.